The van der Waals surface area contributed by atoms with E-state index in [1.807, 2.05) is 31.4 Å². The third-order valence-corrected chi connectivity index (χ3v) is 11.7. The second kappa shape index (κ2) is 20.3. The van der Waals surface area contributed by atoms with Crippen LogP contribution in [0.15, 0.2) is 70.4 Å². The molecule has 246 valence electrons. The van der Waals surface area contributed by atoms with Crippen molar-refractivity contribution in [2.45, 2.75) is 66.4 Å². The van der Waals surface area contributed by atoms with Crippen LogP contribution in [0.3, 0.4) is 0 Å². The Morgan fingerprint density at radius 1 is 0.653 bits per heavy atom. The molecule has 0 saturated carbocycles. The summed E-state index contributed by atoms with van der Waals surface area (Å²) in [6.07, 6.45) is 14.3. The zero-order chi connectivity index (χ0) is 34.8. The highest BCUT2D eigenvalue weighted by atomic mass is 32.2. The van der Waals surface area contributed by atoms with Gasteiger partial charge in [0.05, 0.1) is 0 Å². The van der Waals surface area contributed by atoms with Crippen LogP contribution in [0.25, 0.3) is 0 Å². The fraction of sp³-hybridized carbons (Fsp3) is 0.222. The first kappa shape index (κ1) is 37.6. The first-order valence-electron chi connectivity index (χ1n) is 13.6. The zero-order valence-corrected chi connectivity index (χ0v) is 31.4. The standard InChI is InChI=1S/C11H11N5S2.C8H5N5S3.C8H5N5S2/c1-2-3-4-9-15-16-11(17-9)18-10-8(7-12)13-5-6-14-10;1-14-8-12-7(13-16-8)15-6-5(4-9)10-2-3-11-6;1-5-12-13-8(14-5)15-7-6(4-9)10-2-3-11-7/h5-6H,2-4H2,1H3;2-3H,1H3;2-3H,1H3. The molecule has 0 N–H and O–H groups in total. The van der Waals surface area contributed by atoms with Crippen molar-refractivity contribution in [2.24, 2.45) is 0 Å². The van der Waals surface area contributed by atoms with Gasteiger partial charge in [0.15, 0.2) is 30.1 Å². The second-order valence-electron chi connectivity index (χ2n) is 8.47. The van der Waals surface area contributed by atoms with E-state index in [0.717, 1.165) is 42.3 Å². The summed E-state index contributed by atoms with van der Waals surface area (Å²) in [6.45, 7) is 4.03. The third kappa shape index (κ3) is 12.0. The van der Waals surface area contributed by atoms with E-state index in [9.17, 15) is 0 Å². The number of aromatic nitrogens is 12. The van der Waals surface area contributed by atoms with Crippen LogP contribution in [0.2, 0.25) is 0 Å². The van der Waals surface area contributed by atoms with Gasteiger partial charge >= 0.3 is 0 Å². The Bertz CT molecular complexity index is 2080. The first-order valence-corrected chi connectivity index (χ1v) is 19.7. The van der Waals surface area contributed by atoms with Crippen molar-refractivity contribution in [3.8, 4) is 18.2 Å². The Morgan fingerprint density at radius 2 is 1.16 bits per heavy atom. The highest BCUT2D eigenvalue weighted by Crippen LogP contribution is 2.31. The summed E-state index contributed by atoms with van der Waals surface area (Å²) in [4.78, 5) is 28.3. The fourth-order valence-electron chi connectivity index (χ4n) is 3.03. The summed E-state index contributed by atoms with van der Waals surface area (Å²) < 4.78 is 6.62. The van der Waals surface area contributed by atoms with E-state index in [-0.39, 0.29) is 0 Å². The van der Waals surface area contributed by atoms with Gasteiger partial charge in [-0.15, -0.1) is 20.4 Å². The zero-order valence-electron chi connectivity index (χ0n) is 25.7. The van der Waals surface area contributed by atoms with Crippen LogP contribution in [0.4, 0.5) is 0 Å². The molecule has 0 amide bonds. The fourth-order valence-corrected chi connectivity index (χ4v) is 8.53. The Balaban J connectivity index is 0.000000166. The summed E-state index contributed by atoms with van der Waals surface area (Å²) in [7, 11) is 0. The maximum Gasteiger partial charge on any atom is 0.207 e. The maximum absolute atomic E-state index is 8.92. The van der Waals surface area contributed by atoms with Crippen LogP contribution in [-0.4, -0.2) is 65.9 Å². The van der Waals surface area contributed by atoms with Gasteiger partial charge in [-0.1, -0.05) is 47.8 Å². The van der Waals surface area contributed by atoms with Crippen LogP contribution in [0, 0.1) is 40.9 Å². The minimum Gasteiger partial charge on any atom is -0.245 e. The van der Waals surface area contributed by atoms with Gasteiger partial charge in [0.2, 0.25) is 5.16 Å². The van der Waals surface area contributed by atoms with Gasteiger partial charge in [0, 0.05) is 43.6 Å². The lowest BCUT2D eigenvalue weighted by molar-refractivity contribution is 0.777. The largest absolute Gasteiger partial charge is 0.245 e. The molecule has 49 heavy (non-hydrogen) atoms. The number of hydrogen-bond donors (Lipinski definition) is 0. The SMILES string of the molecule is CCCCc1nnc(Sc2nccnc2C#N)s1.CSc1nc(Sc2nccnc2C#N)ns1.Cc1nnc(Sc2nccnc2C#N)s1. The average Bonchev–Trinajstić information content (AvgIpc) is 3.90. The van der Waals surface area contributed by atoms with Crippen molar-refractivity contribution >= 4 is 81.3 Å². The lowest BCUT2D eigenvalue weighted by Gasteiger charge is -1.96. The number of aryl methyl sites for hydroxylation is 2. The van der Waals surface area contributed by atoms with Crippen LogP contribution < -0.4 is 0 Å². The molecular weight excluding hydrogens is 759 g/mol. The Kier molecular flexibility index (Phi) is 15.6. The van der Waals surface area contributed by atoms with Crippen molar-refractivity contribution in [2.75, 3.05) is 6.26 Å². The van der Waals surface area contributed by atoms with E-state index in [4.69, 9.17) is 15.8 Å². The van der Waals surface area contributed by atoms with Crippen molar-refractivity contribution in [3.05, 3.63) is 64.3 Å². The van der Waals surface area contributed by atoms with Crippen LogP contribution in [0.5, 0.6) is 0 Å². The van der Waals surface area contributed by atoms with E-state index < -0.39 is 0 Å². The van der Waals surface area contributed by atoms with Crippen molar-refractivity contribution < 1.29 is 0 Å². The number of hydrogen-bond acceptors (Lipinski definition) is 22. The summed E-state index contributed by atoms with van der Waals surface area (Å²) in [6, 6.07) is 5.99. The van der Waals surface area contributed by atoms with Gasteiger partial charge in [-0.3, -0.25) is 0 Å². The summed E-state index contributed by atoms with van der Waals surface area (Å²) in [5.41, 5.74) is 0.941. The minimum atomic E-state index is 0.299. The van der Waals surface area contributed by atoms with Crippen LogP contribution in [-0.2, 0) is 6.42 Å². The molecule has 0 aliphatic heterocycles. The van der Waals surface area contributed by atoms with E-state index in [2.05, 4.69) is 66.6 Å². The molecule has 0 saturated heterocycles. The van der Waals surface area contributed by atoms with Crippen LogP contribution >= 0.6 is 81.3 Å². The van der Waals surface area contributed by atoms with Gasteiger partial charge in [0.25, 0.3) is 0 Å². The molecule has 0 fully saturated rings. The minimum absolute atomic E-state index is 0.299. The first-order chi connectivity index (χ1) is 24.0. The molecule has 0 aliphatic rings. The van der Waals surface area contributed by atoms with Gasteiger partial charge in [-0.2, -0.15) is 20.2 Å². The van der Waals surface area contributed by atoms with E-state index in [0.29, 0.717) is 37.3 Å². The number of rotatable bonds is 10. The molecule has 6 rings (SSSR count). The van der Waals surface area contributed by atoms with Crippen molar-refractivity contribution in [1.82, 2.24) is 59.7 Å². The Hall–Kier alpha value is -4.21. The molecule has 0 atom stereocenters. The molecule has 6 heterocycles. The highest BCUT2D eigenvalue weighted by molar-refractivity contribution is 8.01. The van der Waals surface area contributed by atoms with E-state index in [1.54, 1.807) is 41.7 Å². The lowest BCUT2D eigenvalue weighted by Crippen LogP contribution is -1.90. The summed E-state index contributed by atoms with van der Waals surface area (Å²) in [5, 5.41) is 46.8. The number of unbranched alkanes of at least 4 members (excludes halogenated alkanes) is 1. The molecule has 0 aromatic carbocycles. The Morgan fingerprint density at radius 3 is 1.63 bits per heavy atom. The monoisotopic (exact) mass is 779 g/mol. The topological polar surface area (TPSA) is 226 Å². The number of nitriles is 3. The lowest BCUT2D eigenvalue weighted by atomic mass is 10.3. The molecule has 0 spiro atoms. The van der Waals surface area contributed by atoms with Gasteiger partial charge in [0.1, 0.15) is 43.3 Å². The maximum atomic E-state index is 8.92. The van der Waals surface area contributed by atoms with Gasteiger partial charge < -0.3 is 0 Å². The van der Waals surface area contributed by atoms with E-state index >= 15 is 0 Å². The molecule has 0 unspecified atom stereocenters. The molecule has 22 heteroatoms. The summed E-state index contributed by atoms with van der Waals surface area (Å²) in [5.74, 6) is 0. The van der Waals surface area contributed by atoms with Crippen molar-refractivity contribution in [1.29, 1.82) is 15.8 Å². The molecule has 6 aromatic heterocycles. The normalized spacial score (nSPS) is 10.0. The number of nitrogens with zero attached hydrogens (tertiary/aromatic N) is 15. The van der Waals surface area contributed by atoms with Crippen molar-refractivity contribution in [3.63, 3.8) is 0 Å². The van der Waals surface area contributed by atoms with Crippen LogP contribution in [0.1, 0.15) is 46.9 Å². The van der Waals surface area contributed by atoms with Gasteiger partial charge in [-0.05, 0) is 66.4 Å². The smallest absolute Gasteiger partial charge is 0.207 e. The molecule has 0 bridgehead atoms. The Labute approximate surface area is 309 Å². The molecule has 0 aliphatic carbocycles. The number of thioether (sulfide) groups is 1. The molecule has 6 aromatic rings. The highest BCUT2D eigenvalue weighted by Gasteiger charge is 2.12. The average molecular weight is 780 g/mol. The molecular formula is C27H21N15S7. The predicted molar refractivity (Wildman–Crippen MR) is 187 cm³/mol. The summed E-state index contributed by atoms with van der Waals surface area (Å²) >= 11 is 9.79. The van der Waals surface area contributed by atoms with Gasteiger partial charge in [-0.25, -0.2) is 34.9 Å². The van der Waals surface area contributed by atoms with E-state index in [1.165, 1.54) is 76.7 Å². The quantitative estimate of drug-likeness (QED) is 0.137. The third-order valence-electron chi connectivity index (χ3n) is 5.13. The molecule has 15 nitrogen and oxygen atoms in total. The second-order valence-corrected chi connectivity index (χ2v) is 15.9. The predicted octanol–water partition coefficient (Wildman–Crippen LogP) is 6.43. The molecule has 0 radical (unpaired) electrons.